The van der Waals surface area contributed by atoms with Crippen molar-refractivity contribution in [1.29, 1.82) is 0 Å². The summed E-state index contributed by atoms with van der Waals surface area (Å²) in [6.45, 7) is 7.20. The molecule has 0 aromatic carbocycles. The lowest BCUT2D eigenvalue weighted by atomic mass is 10.5. The Morgan fingerprint density at radius 1 is 1.58 bits per heavy atom. The molecule has 0 aliphatic carbocycles. The summed E-state index contributed by atoms with van der Waals surface area (Å²) in [5.74, 6) is 0.0153. The van der Waals surface area contributed by atoms with Crippen molar-refractivity contribution >= 4 is 12.6 Å². The normalized spacial score (nSPS) is 10.9. The summed E-state index contributed by atoms with van der Waals surface area (Å²) in [4.78, 5) is 14.3. The summed E-state index contributed by atoms with van der Waals surface area (Å²) < 4.78 is 0.754. The molecule has 0 saturated heterocycles. The lowest BCUT2D eigenvalue weighted by molar-refractivity contribution is -0.888. The number of aliphatic imine (C=N–C) groups is 1. The number of amides is 1. The molecule has 4 nitrogen and oxygen atoms in total. The first-order chi connectivity index (χ1) is 5.48. The summed E-state index contributed by atoms with van der Waals surface area (Å²) in [5, 5.41) is 2.74. The van der Waals surface area contributed by atoms with Gasteiger partial charge >= 0.3 is 0 Å². The van der Waals surface area contributed by atoms with Crippen LogP contribution in [0.5, 0.6) is 0 Å². The monoisotopic (exact) mass is 172 g/mol. The van der Waals surface area contributed by atoms with Crippen LogP contribution in [0.25, 0.3) is 0 Å². The van der Waals surface area contributed by atoms with Crippen LogP contribution in [-0.2, 0) is 4.79 Å². The predicted molar refractivity (Wildman–Crippen MR) is 50.1 cm³/mol. The smallest absolute Gasteiger partial charge is 0.217 e. The first-order valence-electron chi connectivity index (χ1n) is 3.97. The predicted octanol–water partition coefficient (Wildman–Crippen LogP) is -0.143. The fraction of sp³-hybridized carbons (Fsp3) is 0.750. The van der Waals surface area contributed by atoms with Crippen LogP contribution in [0, 0.1) is 0 Å². The van der Waals surface area contributed by atoms with Gasteiger partial charge in [-0.1, -0.05) is 0 Å². The van der Waals surface area contributed by atoms with Crippen molar-refractivity contribution in [3.63, 3.8) is 0 Å². The molecular weight excluding hydrogens is 154 g/mol. The highest BCUT2D eigenvalue weighted by Crippen LogP contribution is 1.94. The molecule has 4 heteroatoms. The van der Waals surface area contributed by atoms with Crippen molar-refractivity contribution < 1.29 is 9.28 Å². The maximum Gasteiger partial charge on any atom is 0.217 e. The maximum atomic E-state index is 10.5. The Morgan fingerprint density at radius 3 is 2.58 bits per heavy atom. The zero-order valence-corrected chi connectivity index (χ0v) is 8.13. The van der Waals surface area contributed by atoms with E-state index < -0.39 is 0 Å². The number of nitrogens with one attached hydrogen (secondary N) is 1. The van der Waals surface area contributed by atoms with E-state index in [1.165, 1.54) is 6.92 Å². The standard InChI is InChI=1S/C8H17N3O/c1-8(12)10-5-6-11(3,4)7-9-2/h2,5-7H2,1,3-4H3/p+1. The molecule has 0 heterocycles. The highest BCUT2D eigenvalue weighted by Gasteiger charge is 2.12. The lowest BCUT2D eigenvalue weighted by Crippen LogP contribution is -2.45. The van der Waals surface area contributed by atoms with E-state index in [-0.39, 0.29) is 5.91 Å². The summed E-state index contributed by atoms with van der Waals surface area (Å²) in [7, 11) is 4.10. The van der Waals surface area contributed by atoms with Crippen LogP contribution in [0.4, 0.5) is 0 Å². The topological polar surface area (TPSA) is 41.5 Å². The highest BCUT2D eigenvalue weighted by molar-refractivity contribution is 5.72. The van der Waals surface area contributed by atoms with Gasteiger partial charge in [-0.25, -0.2) is 4.99 Å². The third kappa shape index (κ3) is 5.85. The molecular formula is C8H18N3O+. The van der Waals surface area contributed by atoms with E-state index >= 15 is 0 Å². The molecule has 0 aliphatic rings. The molecule has 0 spiro atoms. The van der Waals surface area contributed by atoms with Crippen molar-refractivity contribution in [3.8, 4) is 0 Å². The zero-order chi connectivity index (χ0) is 9.61. The summed E-state index contributed by atoms with van der Waals surface area (Å²) >= 11 is 0. The third-order valence-corrected chi connectivity index (χ3v) is 1.57. The van der Waals surface area contributed by atoms with Gasteiger partial charge in [0.25, 0.3) is 0 Å². The first-order valence-corrected chi connectivity index (χ1v) is 3.97. The van der Waals surface area contributed by atoms with Crippen LogP contribution in [0.15, 0.2) is 4.99 Å². The number of carbonyl (C=O) groups is 1. The molecule has 0 radical (unpaired) electrons. The molecule has 1 amide bonds. The third-order valence-electron chi connectivity index (χ3n) is 1.57. The number of carbonyl (C=O) groups excluding carboxylic acids is 1. The average Bonchev–Trinajstić information content (AvgIpc) is 1.85. The highest BCUT2D eigenvalue weighted by atomic mass is 16.1. The molecule has 1 N–H and O–H groups in total. The first kappa shape index (κ1) is 11.1. The van der Waals surface area contributed by atoms with Gasteiger partial charge in [0.1, 0.15) is 0 Å². The maximum absolute atomic E-state index is 10.5. The summed E-state index contributed by atoms with van der Waals surface area (Å²) in [6, 6.07) is 0. The molecule has 0 aliphatic heterocycles. The zero-order valence-electron chi connectivity index (χ0n) is 8.13. The van der Waals surface area contributed by atoms with Gasteiger partial charge in [0.05, 0.1) is 27.2 Å². The lowest BCUT2D eigenvalue weighted by Gasteiger charge is -2.27. The van der Waals surface area contributed by atoms with Gasteiger partial charge in [0.15, 0.2) is 6.67 Å². The molecule has 0 fully saturated rings. The second kappa shape index (κ2) is 4.87. The van der Waals surface area contributed by atoms with Crippen molar-refractivity contribution in [1.82, 2.24) is 5.32 Å². The Balaban J connectivity index is 3.60. The van der Waals surface area contributed by atoms with E-state index in [9.17, 15) is 4.79 Å². The van der Waals surface area contributed by atoms with Crippen LogP contribution in [-0.4, -0.2) is 51.0 Å². The number of quaternary nitrogens is 1. The van der Waals surface area contributed by atoms with E-state index in [2.05, 4.69) is 31.1 Å². The van der Waals surface area contributed by atoms with Crippen molar-refractivity contribution in [3.05, 3.63) is 0 Å². The largest absolute Gasteiger partial charge is 0.351 e. The minimum Gasteiger partial charge on any atom is -0.351 e. The molecule has 0 aromatic heterocycles. The summed E-state index contributed by atoms with van der Waals surface area (Å²) in [5.41, 5.74) is 0. The minimum atomic E-state index is 0.0153. The van der Waals surface area contributed by atoms with Crippen LogP contribution in [0.3, 0.4) is 0 Å². The quantitative estimate of drug-likeness (QED) is 0.455. The minimum absolute atomic E-state index is 0.0153. The Labute approximate surface area is 73.9 Å². The molecule has 0 atom stereocenters. The van der Waals surface area contributed by atoms with Gasteiger partial charge in [0, 0.05) is 6.92 Å². The van der Waals surface area contributed by atoms with Gasteiger partial charge < -0.3 is 9.80 Å². The molecule has 0 bridgehead atoms. The number of likely N-dealkylation sites (N-methyl/N-ethyl adjacent to an activating group) is 1. The van der Waals surface area contributed by atoms with Crippen molar-refractivity contribution in [2.45, 2.75) is 6.92 Å². The molecule has 0 saturated carbocycles. The van der Waals surface area contributed by atoms with Gasteiger partial charge in [-0.3, -0.25) is 4.79 Å². The fourth-order valence-corrected chi connectivity index (χ4v) is 0.876. The van der Waals surface area contributed by atoms with Gasteiger partial charge in [-0.2, -0.15) is 0 Å². The van der Waals surface area contributed by atoms with E-state index in [1.807, 2.05) is 0 Å². The number of nitrogens with zero attached hydrogens (tertiary/aromatic N) is 2. The molecule has 0 rings (SSSR count). The van der Waals surface area contributed by atoms with Crippen LogP contribution in [0.2, 0.25) is 0 Å². The Bertz CT molecular complexity index is 166. The second-order valence-electron chi connectivity index (χ2n) is 3.51. The molecule has 0 unspecified atom stereocenters. The van der Waals surface area contributed by atoms with Crippen LogP contribution < -0.4 is 5.32 Å². The van der Waals surface area contributed by atoms with Crippen molar-refractivity contribution in [2.24, 2.45) is 4.99 Å². The van der Waals surface area contributed by atoms with Gasteiger partial charge in [-0.15, -0.1) is 0 Å². The Hall–Kier alpha value is -0.900. The number of rotatable bonds is 5. The van der Waals surface area contributed by atoms with Crippen LogP contribution in [0.1, 0.15) is 6.92 Å². The second-order valence-corrected chi connectivity index (χ2v) is 3.51. The van der Waals surface area contributed by atoms with E-state index in [0.717, 1.165) is 11.0 Å². The fourth-order valence-electron chi connectivity index (χ4n) is 0.876. The summed E-state index contributed by atoms with van der Waals surface area (Å²) in [6.07, 6.45) is 0. The molecule has 70 valence electrons. The Kier molecular flexibility index (Phi) is 4.51. The average molecular weight is 172 g/mol. The Morgan fingerprint density at radius 2 is 2.17 bits per heavy atom. The van der Waals surface area contributed by atoms with Gasteiger partial charge in [0.2, 0.25) is 5.91 Å². The molecule has 12 heavy (non-hydrogen) atoms. The van der Waals surface area contributed by atoms with Crippen LogP contribution >= 0.6 is 0 Å². The van der Waals surface area contributed by atoms with Gasteiger partial charge in [-0.05, 0) is 6.72 Å². The van der Waals surface area contributed by atoms with E-state index in [1.54, 1.807) is 0 Å². The van der Waals surface area contributed by atoms with E-state index in [4.69, 9.17) is 0 Å². The molecule has 0 aromatic rings. The number of hydrogen-bond donors (Lipinski definition) is 1. The SMILES string of the molecule is C=NC[N+](C)(C)CCNC(C)=O. The van der Waals surface area contributed by atoms with Crippen molar-refractivity contribution in [2.75, 3.05) is 33.9 Å². The van der Waals surface area contributed by atoms with E-state index in [0.29, 0.717) is 13.2 Å². The number of hydrogen-bond acceptors (Lipinski definition) is 2.